The number of hydrogen-bond acceptors (Lipinski definition) is 3. The molecule has 0 bridgehead atoms. The standard InChI is InChI=1S/C11H15NOS/c1-12-11(10-5-3-7-14-10)9-4-2-6-13-8-9/h3,5,7-8,11-12H,2,4,6H2,1H3. The Labute approximate surface area is 88.6 Å². The zero-order valence-corrected chi connectivity index (χ0v) is 9.14. The molecule has 2 rings (SSSR count). The average Bonchev–Trinajstić information content (AvgIpc) is 2.74. The molecular formula is C11H15NOS. The lowest BCUT2D eigenvalue weighted by Crippen LogP contribution is -2.19. The van der Waals surface area contributed by atoms with Crippen LogP contribution in [-0.2, 0) is 4.74 Å². The highest BCUT2D eigenvalue weighted by Gasteiger charge is 2.17. The summed E-state index contributed by atoms with van der Waals surface area (Å²) in [6, 6.07) is 4.60. The summed E-state index contributed by atoms with van der Waals surface area (Å²) in [6.07, 6.45) is 4.20. The van der Waals surface area contributed by atoms with Crippen molar-refractivity contribution in [3.05, 3.63) is 34.2 Å². The number of ether oxygens (including phenoxy) is 1. The molecule has 3 heteroatoms. The molecular weight excluding hydrogens is 194 g/mol. The van der Waals surface area contributed by atoms with Crippen molar-refractivity contribution in [3.8, 4) is 0 Å². The van der Waals surface area contributed by atoms with Crippen LogP contribution in [0.2, 0.25) is 0 Å². The largest absolute Gasteiger partial charge is 0.501 e. The van der Waals surface area contributed by atoms with Gasteiger partial charge in [-0.1, -0.05) is 6.07 Å². The van der Waals surface area contributed by atoms with E-state index in [2.05, 4.69) is 22.8 Å². The molecule has 0 saturated carbocycles. The molecule has 1 aromatic rings. The maximum atomic E-state index is 5.37. The lowest BCUT2D eigenvalue weighted by atomic mass is 10.0. The highest BCUT2D eigenvalue weighted by Crippen LogP contribution is 2.29. The van der Waals surface area contributed by atoms with Crippen molar-refractivity contribution in [2.24, 2.45) is 0 Å². The Morgan fingerprint density at radius 1 is 1.57 bits per heavy atom. The number of nitrogens with one attached hydrogen (secondary N) is 1. The van der Waals surface area contributed by atoms with Gasteiger partial charge in [0.25, 0.3) is 0 Å². The molecule has 76 valence electrons. The van der Waals surface area contributed by atoms with Crippen LogP contribution in [0.15, 0.2) is 29.3 Å². The van der Waals surface area contributed by atoms with Crippen LogP contribution < -0.4 is 5.32 Å². The van der Waals surface area contributed by atoms with Gasteiger partial charge in [-0.25, -0.2) is 0 Å². The van der Waals surface area contributed by atoms with Crippen LogP contribution in [0.1, 0.15) is 23.8 Å². The SMILES string of the molecule is CNC(C1=COCCC1)c1cccs1. The van der Waals surface area contributed by atoms with Gasteiger partial charge < -0.3 is 10.1 Å². The minimum absolute atomic E-state index is 0.343. The number of likely N-dealkylation sites (N-methyl/N-ethyl adjacent to an activating group) is 1. The minimum Gasteiger partial charge on any atom is -0.501 e. The topological polar surface area (TPSA) is 21.3 Å². The molecule has 0 saturated heterocycles. The lowest BCUT2D eigenvalue weighted by Gasteiger charge is -2.21. The smallest absolute Gasteiger partial charge is 0.0876 e. The van der Waals surface area contributed by atoms with E-state index >= 15 is 0 Å². The van der Waals surface area contributed by atoms with Gasteiger partial charge in [-0.15, -0.1) is 11.3 Å². The molecule has 2 heterocycles. The van der Waals surface area contributed by atoms with Crippen molar-refractivity contribution < 1.29 is 4.74 Å². The summed E-state index contributed by atoms with van der Waals surface area (Å²) >= 11 is 1.79. The Bertz CT molecular complexity index is 305. The summed E-state index contributed by atoms with van der Waals surface area (Å²) in [4.78, 5) is 1.37. The van der Waals surface area contributed by atoms with Gasteiger partial charge in [0.15, 0.2) is 0 Å². The second-order valence-electron chi connectivity index (χ2n) is 3.40. The van der Waals surface area contributed by atoms with E-state index in [9.17, 15) is 0 Å². The van der Waals surface area contributed by atoms with Crippen molar-refractivity contribution in [2.75, 3.05) is 13.7 Å². The molecule has 1 aromatic heterocycles. The zero-order chi connectivity index (χ0) is 9.80. The average molecular weight is 209 g/mol. The maximum absolute atomic E-state index is 5.37. The van der Waals surface area contributed by atoms with Crippen molar-refractivity contribution >= 4 is 11.3 Å². The van der Waals surface area contributed by atoms with Crippen LogP contribution in [0.4, 0.5) is 0 Å². The summed E-state index contributed by atoms with van der Waals surface area (Å²) in [5, 5.41) is 5.45. The van der Waals surface area contributed by atoms with Gasteiger partial charge in [-0.2, -0.15) is 0 Å². The summed E-state index contributed by atoms with van der Waals surface area (Å²) in [5.41, 5.74) is 1.36. The van der Waals surface area contributed by atoms with E-state index in [-0.39, 0.29) is 0 Å². The molecule has 1 atom stereocenters. The van der Waals surface area contributed by atoms with E-state index in [1.54, 1.807) is 11.3 Å². The van der Waals surface area contributed by atoms with E-state index in [1.807, 2.05) is 13.3 Å². The molecule has 2 nitrogen and oxygen atoms in total. The van der Waals surface area contributed by atoms with Crippen LogP contribution in [0.5, 0.6) is 0 Å². The molecule has 0 spiro atoms. The quantitative estimate of drug-likeness (QED) is 0.826. The predicted molar refractivity (Wildman–Crippen MR) is 59.4 cm³/mol. The van der Waals surface area contributed by atoms with Crippen LogP contribution in [0.25, 0.3) is 0 Å². The Kier molecular flexibility index (Phi) is 3.22. The molecule has 0 aliphatic carbocycles. The van der Waals surface area contributed by atoms with Gasteiger partial charge in [-0.3, -0.25) is 0 Å². The summed E-state index contributed by atoms with van der Waals surface area (Å²) in [5.74, 6) is 0. The molecule has 0 fully saturated rings. The van der Waals surface area contributed by atoms with Crippen LogP contribution in [0, 0.1) is 0 Å². The van der Waals surface area contributed by atoms with E-state index in [1.165, 1.54) is 10.5 Å². The molecule has 1 N–H and O–H groups in total. The first-order valence-electron chi connectivity index (χ1n) is 4.93. The third-order valence-electron chi connectivity index (χ3n) is 2.45. The fourth-order valence-corrected chi connectivity index (χ4v) is 2.64. The lowest BCUT2D eigenvalue weighted by molar-refractivity contribution is 0.220. The predicted octanol–water partition coefficient (Wildman–Crippen LogP) is 2.70. The van der Waals surface area contributed by atoms with Crippen LogP contribution in [-0.4, -0.2) is 13.7 Å². The van der Waals surface area contributed by atoms with Gasteiger partial charge in [0.2, 0.25) is 0 Å². The molecule has 14 heavy (non-hydrogen) atoms. The Morgan fingerprint density at radius 3 is 3.07 bits per heavy atom. The fourth-order valence-electron chi connectivity index (χ4n) is 1.76. The van der Waals surface area contributed by atoms with Crippen LogP contribution in [0.3, 0.4) is 0 Å². The fraction of sp³-hybridized carbons (Fsp3) is 0.455. The summed E-state index contributed by atoms with van der Waals surface area (Å²) in [7, 11) is 2.00. The normalized spacial score (nSPS) is 18.5. The summed E-state index contributed by atoms with van der Waals surface area (Å²) in [6.45, 7) is 0.865. The summed E-state index contributed by atoms with van der Waals surface area (Å²) < 4.78 is 5.37. The van der Waals surface area contributed by atoms with Crippen molar-refractivity contribution in [1.29, 1.82) is 0 Å². The number of rotatable bonds is 3. The monoisotopic (exact) mass is 209 g/mol. The van der Waals surface area contributed by atoms with Gasteiger partial charge in [0.05, 0.1) is 18.9 Å². The van der Waals surface area contributed by atoms with E-state index in [0.717, 1.165) is 19.4 Å². The van der Waals surface area contributed by atoms with Gasteiger partial charge in [-0.05, 0) is 36.9 Å². The van der Waals surface area contributed by atoms with Crippen LogP contribution >= 0.6 is 11.3 Å². The number of hydrogen-bond donors (Lipinski definition) is 1. The maximum Gasteiger partial charge on any atom is 0.0876 e. The third-order valence-corrected chi connectivity index (χ3v) is 3.39. The Morgan fingerprint density at radius 2 is 2.50 bits per heavy atom. The molecule has 0 aromatic carbocycles. The second-order valence-corrected chi connectivity index (χ2v) is 4.38. The number of thiophene rings is 1. The van der Waals surface area contributed by atoms with Crippen molar-refractivity contribution in [3.63, 3.8) is 0 Å². The molecule has 1 aliphatic rings. The highest BCUT2D eigenvalue weighted by atomic mass is 32.1. The molecule has 0 radical (unpaired) electrons. The Balaban J connectivity index is 2.16. The van der Waals surface area contributed by atoms with Gasteiger partial charge >= 0.3 is 0 Å². The first-order chi connectivity index (χ1) is 6.92. The Hall–Kier alpha value is -0.800. The van der Waals surface area contributed by atoms with E-state index in [4.69, 9.17) is 4.74 Å². The third kappa shape index (κ3) is 1.99. The zero-order valence-electron chi connectivity index (χ0n) is 8.32. The molecule has 1 unspecified atom stereocenters. The molecule has 1 aliphatic heterocycles. The minimum atomic E-state index is 0.343. The highest BCUT2D eigenvalue weighted by molar-refractivity contribution is 7.10. The van der Waals surface area contributed by atoms with E-state index < -0.39 is 0 Å². The van der Waals surface area contributed by atoms with Gasteiger partial charge in [0.1, 0.15) is 0 Å². The van der Waals surface area contributed by atoms with E-state index in [0.29, 0.717) is 6.04 Å². The van der Waals surface area contributed by atoms with Crippen molar-refractivity contribution in [1.82, 2.24) is 5.32 Å². The molecule has 0 amide bonds. The first kappa shape index (κ1) is 9.74. The van der Waals surface area contributed by atoms with Gasteiger partial charge in [0, 0.05) is 4.88 Å². The first-order valence-corrected chi connectivity index (χ1v) is 5.81. The van der Waals surface area contributed by atoms with Crippen molar-refractivity contribution in [2.45, 2.75) is 18.9 Å². The second kappa shape index (κ2) is 4.62.